The Hall–Kier alpha value is -2.53. The molecule has 0 aliphatic heterocycles. The standard InChI is InChI=1S/C20H21FN4/c1-13-9-14(2)25(24-13)20-8-3-15(12-23-20)11-22-19-7-5-16-4-6-17(21)10-18(16)19/h3-4,6,8-10,12,19,22H,5,7,11H2,1-2H3/t19-/m0/s1. The Kier molecular flexibility index (Phi) is 4.09. The highest BCUT2D eigenvalue weighted by molar-refractivity contribution is 5.35. The van der Waals surface area contributed by atoms with Gasteiger partial charge in [-0.25, -0.2) is 14.1 Å². The van der Waals surface area contributed by atoms with Crippen LogP contribution in [-0.4, -0.2) is 14.8 Å². The van der Waals surface area contributed by atoms with Crippen LogP contribution in [0.4, 0.5) is 4.39 Å². The lowest BCUT2D eigenvalue weighted by Gasteiger charge is -2.14. The van der Waals surface area contributed by atoms with E-state index in [0.29, 0.717) is 6.54 Å². The van der Waals surface area contributed by atoms with Crippen molar-refractivity contribution in [2.45, 2.75) is 39.3 Å². The van der Waals surface area contributed by atoms with Gasteiger partial charge in [0.2, 0.25) is 0 Å². The first-order valence-electron chi connectivity index (χ1n) is 8.60. The number of nitrogens with one attached hydrogen (secondary N) is 1. The lowest BCUT2D eigenvalue weighted by atomic mass is 10.1. The smallest absolute Gasteiger partial charge is 0.153 e. The van der Waals surface area contributed by atoms with Crippen LogP contribution in [0.5, 0.6) is 0 Å². The van der Waals surface area contributed by atoms with Gasteiger partial charge in [-0.1, -0.05) is 12.1 Å². The van der Waals surface area contributed by atoms with Crippen molar-refractivity contribution in [3.63, 3.8) is 0 Å². The number of pyridine rings is 1. The van der Waals surface area contributed by atoms with Crippen LogP contribution >= 0.6 is 0 Å². The average molecular weight is 336 g/mol. The van der Waals surface area contributed by atoms with E-state index in [1.807, 2.05) is 42.9 Å². The molecule has 0 amide bonds. The van der Waals surface area contributed by atoms with Gasteiger partial charge in [0.05, 0.1) is 5.69 Å². The van der Waals surface area contributed by atoms with Gasteiger partial charge in [-0.15, -0.1) is 0 Å². The highest BCUT2D eigenvalue weighted by atomic mass is 19.1. The molecule has 2 aromatic heterocycles. The van der Waals surface area contributed by atoms with Gasteiger partial charge in [0.25, 0.3) is 0 Å². The summed E-state index contributed by atoms with van der Waals surface area (Å²) >= 11 is 0. The van der Waals surface area contributed by atoms with Gasteiger partial charge in [0, 0.05) is 24.5 Å². The summed E-state index contributed by atoms with van der Waals surface area (Å²) < 4.78 is 15.3. The summed E-state index contributed by atoms with van der Waals surface area (Å²) in [6, 6.07) is 11.4. The van der Waals surface area contributed by atoms with Crippen LogP contribution in [0.2, 0.25) is 0 Å². The molecular formula is C20H21FN4. The Morgan fingerprint density at radius 3 is 2.80 bits per heavy atom. The third kappa shape index (κ3) is 3.20. The third-order valence-corrected chi connectivity index (χ3v) is 4.77. The first-order chi connectivity index (χ1) is 12.1. The maximum atomic E-state index is 13.5. The highest BCUT2D eigenvalue weighted by Gasteiger charge is 2.22. The molecule has 4 rings (SSSR count). The third-order valence-electron chi connectivity index (χ3n) is 4.77. The quantitative estimate of drug-likeness (QED) is 0.788. The fraction of sp³-hybridized carbons (Fsp3) is 0.300. The van der Waals surface area contributed by atoms with Crippen LogP contribution in [0.25, 0.3) is 5.82 Å². The molecule has 1 aliphatic rings. The topological polar surface area (TPSA) is 42.7 Å². The summed E-state index contributed by atoms with van der Waals surface area (Å²) in [5, 5.41) is 7.98. The minimum Gasteiger partial charge on any atom is -0.306 e. The molecule has 1 atom stereocenters. The van der Waals surface area contributed by atoms with Crippen molar-refractivity contribution in [2.24, 2.45) is 0 Å². The molecule has 25 heavy (non-hydrogen) atoms. The molecule has 1 aliphatic carbocycles. The molecule has 0 saturated heterocycles. The number of benzene rings is 1. The molecule has 0 spiro atoms. The SMILES string of the molecule is Cc1cc(C)n(-c2ccc(CN[C@H]3CCc4ccc(F)cc43)cn2)n1. The molecule has 1 N–H and O–H groups in total. The van der Waals surface area contributed by atoms with E-state index >= 15 is 0 Å². The number of rotatable bonds is 4. The molecule has 0 bridgehead atoms. The number of hydrogen-bond donors (Lipinski definition) is 1. The minimum absolute atomic E-state index is 0.164. The number of nitrogens with zero attached hydrogens (tertiary/aromatic N) is 3. The summed E-state index contributed by atoms with van der Waals surface area (Å²) in [5.74, 6) is 0.658. The van der Waals surface area contributed by atoms with Crippen molar-refractivity contribution < 1.29 is 4.39 Å². The van der Waals surface area contributed by atoms with E-state index in [1.54, 1.807) is 12.1 Å². The Labute approximate surface area is 146 Å². The number of fused-ring (bicyclic) bond motifs is 1. The Balaban J connectivity index is 1.45. The molecule has 0 radical (unpaired) electrons. The number of halogens is 1. The average Bonchev–Trinajstić information content (AvgIpc) is 3.15. The molecule has 0 fully saturated rings. The molecule has 0 saturated carbocycles. The van der Waals surface area contributed by atoms with Gasteiger partial charge in [-0.05, 0) is 67.6 Å². The van der Waals surface area contributed by atoms with E-state index in [1.165, 1.54) is 5.56 Å². The fourth-order valence-corrected chi connectivity index (χ4v) is 3.53. The van der Waals surface area contributed by atoms with E-state index in [-0.39, 0.29) is 11.9 Å². The van der Waals surface area contributed by atoms with Crippen LogP contribution in [0, 0.1) is 19.7 Å². The van der Waals surface area contributed by atoms with Crippen LogP contribution in [0.15, 0.2) is 42.6 Å². The summed E-state index contributed by atoms with van der Waals surface area (Å²) in [7, 11) is 0. The maximum Gasteiger partial charge on any atom is 0.153 e. The van der Waals surface area contributed by atoms with Crippen molar-refractivity contribution in [2.75, 3.05) is 0 Å². The lowest BCUT2D eigenvalue weighted by Crippen LogP contribution is -2.19. The maximum absolute atomic E-state index is 13.5. The van der Waals surface area contributed by atoms with Crippen molar-refractivity contribution in [3.8, 4) is 5.82 Å². The normalized spacial score (nSPS) is 16.2. The van der Waals surface area contributed by atoms with Gasteiger partial charge in [-0.2, -0.15) is 5.10 Å². The zero-order valence-electron chi connectivity index (χ0n) is 14.5. The van der Waals surface area contributed by atoms with Crippen LogP contribution in [0.3, 0.4) is 0 Å². The number of hydrogen-bond acceptors (Lipinski definition) is 3. The van der Waals surface area contributed by atoms with Crippen molar-refractivity contribution in [1.82, 2.24) is 20.1 Å². The lowest BCUT2D eigenvalue weighted by molar-refractivity contribution is 0.526. The molecular weight excluding hydrogens is 315 g/mol. The second kappa shape index (κ2) is 6.41. The molecule has 0 unspecified atom stereocenters. The Morgan fingerprint density at radius 1 is 1.20 bits per heavy atom. The number of aryl methyl sites for hydroxylation is 3. The summed E-state index contributed by atoms with van der Waals surface area (Å²) in [4.78, 5) is 4.53. The van der Waals surface area contributed by atoms with Gasteiger partial charge in [0.15, 0.2) is 5.82 Å². The Bertz CT molecular complexity index is 899. The second-order valence-electron chi connectivity index (χ2n) is 6.68. The predicted molar refractivity (Wildman–Crippen MR) is 95.1 cm³/mol. The van der Waals surface area contributed by atoms with Gasteiger partial charge in [-0.3, -0.25) is 0 Å². The first-order valence-corrected chi connectivity index (χ1v) is 8.60. The summed E-state index contributed by atoms with van der Waals surface area (Å²) in [6.45, 7) is 4.71. The first kappa shape index (κ1) is 16.0. The molecule has 5 heteroatoms. The molecule has 4 nitrogen and oxygen atoms in total. The highest BCUT2D eigenvalue weighted by Crippen LogP contribution is 2.31. The van der Waals surface area contributed by atoms with Crippen molar-refractivity contribution in [1.29, 1.82) is 0 Å². The number of aromatic nitrogens is 3. The minimum atomic E-state index is -0.164. The van der Waals surface area contributed by atoms with Gasteiger partial charge >= 0.3 is 0 Å². The van der Waals surface area contributed by atoms with E-state index < -0.39 is 0 Å². The van der Waals surface area contributed by atoms with E-state index in [2.05, 4.69) is 21.5 Å². The fourth-order valence-electron chi connectivity index (χ4n) is 3.53. The molecule has 3 aromatic rings. The van der Waals surface area contributed by atoms with E-state index in [0.717, 1.165) is 41.2 Å². The van der Waals surface area contributed by atoms with Crippen LogP contribution < -0.4 is 5.32 Å². The summed E-state index contributed by atoms with van der Waals surface area (Å²) in [6.07, 6.45) is 3.89. The molecule has 2 heterocycles. The zero-order chi connectivity index (χ0) is 17.4. The Morgan fingerprint density at radius 2 is 2.08 bits per heavy atom. The summed E-state index contributed by atoms with van der Waals surface area (Å²) in [5.41, 5.74) is 5.50. The largest absolute Gasteiger partial charge is 0.306 e. The molecule has 128 valence electrons. The van der Waals surface area contributed by atoms with E-state index in [9.17, 15) is 4.39 Å². The van der Waals surface area contributed by atoms with Gasteiger partial charge < -0.3 is 5.32 Å². The van der Waals surface area contributed by atoms with Crippen LogP contribution in [-0.2, 0) is 13.0 Å². The monoisotopic (exact) mass is 336 g/mol. The molecule has 1 aromatic carbocycles. The van der Waals surface area contributed by atoms with Crippen molar-refractivity contribution in [3.05, 3.63) is 76.5 Å². The zero-order valence-corrected chi connectivity index (χ0v) is 14.5. The van der Waals surface area contributed by atoms with Crippen LogP contribution in [0.1, 0.15) is 40.5 Å². The van der Waals surface area contributed by atoms with E-state index in [4.69, 9.17) is 0 Å². The van der Waals surface area contributed by atoms with Crippen molar-refractivity contribution >= 4 is 0 Å². The van der Waals surface area contributed by atoms with Gasteiger partial charge in [0.1, 0.15) is 5.82 Å². The second-order valence-corrected chi connectivity index (χ2v) is 6.68. The predicted octanol–water partition coefficient (Wildman–Crippen LogP) is 3.80.